The van der Waals surface area contributed by atoms with Gasteiger partial charge in [0.25, 0.3) is 0 Å². The van der Waals surface area contributed by atoms with Crippen LogP contribution in [0.5, 0.6) is 11.5 Å². The molecule has 0 spiro atoms. The van der Waals surface area contributed by atoms with Crippen LogP contribution in [0.4, 0.5) is 0 Å². The highest BCUT2D eigenvalue weighted by molar-refractivity contribution is 5.84. The van der Waals surface area contributed by atoms with Crippen molar-refractivity contribution in [3.05, 3.63) is 54.6 Å². The summed E-state index contributed by atoms with van der Waals surface area (Å²) in [5.74, 6) is 2.42. The number of fused-ring (bicyclic) bond motifs is 2. The van der Waals surface area contributed by atoms with Crippen LogP contribution in [0.3, 0.4) is 0 Å². The van der Waals surface area contributed by atoms with Gasteiger partial charge in [-0.1, -0.05) is 30.3 Å². The molecule has 0 saturated carbocycles. The van der Waals surface area contributed by atoms with E-state index in [0.717, 1.165) is 39.5 Å². The van der Waals surface area contributed by atoms with Gasteiger partial charge < -0.3 is 19.8 Å². The van der Waals surface area contributed by atoms with Gasteiger partial charge in [0, 0.05) is 30.8 Å². The quantitative estimate of drug-likeness (QED) is 0.750. The van der Waals surface area contributed by atoms with Gasteiger partial charge in [-0.15, -0.1) is 6.58 Å². The minimum atomic E-state index is 0.532. The zero-order valence-electron chi connectivity index (χ0n) is 13.4. The maximum absolute atomic E-state index is 5.70. The van der Waals surface area contributed by atoms with Crippen molar-refractivity contribution in [2.75, 3.05) is 13.2 Å². The van der Waals surface area contributed by atoms with Crippen LogP contribution < -0.4 is 15.2 Å². The van der Waals surface area contributed by atoms with Crippen LogP contribution in [-0.2, 0) is 13.1 Å². The van der Waals surface area contributed by atoms with E-state index in [1.165, 1.54) is 0 Å². The lowest BCUT2D eigenvalue weighted by atomic mass is 10.1. The van der Waals surface area contributed by atoms with Crippen LogP contribution >= 0.6 is 0 Å². The molecule has 4 rings (SSSR count). The van der Waals surface area contributed by atoms with Crippen molar-refractivity contribution in [3.63, 3.8) is 0 Å². The Morgan fingerprint density at radius 2 is 1.83 bits per heavy atom. The minimum Gasteiger partial charge on any atom is -0.486 e. The van der Waals surface area contributed by atoms with Crippen molar-refractivity contribution in [2.45, 2.75) is 13.1 Å². The molecule has 5 heteroatoms. The number of imidazole rings is 1. The largest absolute Gasteiger partial charge is 0.486 e. The minimum absolute atomic E-state index is 0.532. The van der Waals surface area contributed by atoms with E-state index in [1.54, 1.807) is 0 Å². The molecule has 3 aromatic rings. The summed E-state index contributed by atoms with van der Waals surface area (Å²) in [5.41, 5.74) is 9.73. The first-order chi connectivity index (χ1) is 11.8. The summed E-state index contributed by atoms with van der Waals surface area (Å²) in [6.07, 6.45) is 1.87. The summed E-state index contributed by atoms with van der Waals surface area (Å²) in [6.45, 7) is 6.21. The van der Waals surface area contributed by atoms with E-state index >= 15 is 0 Å². The molecule has 0 aliphatic carbocycles. The van der Waals surface area contributed by atoms with Crippen LogP contribution in [0.15, 0.2) is 49.1 Å². The lowest BCUT2D eigenvalue weighted by molar-refractivity contribution is 0.172. The Labute approximate surface area is 140 Å². The number of rotatable bonds is 4. The van der Waals surface area contributed by atoms with Crippen molar-refractivity contribution in [1.82, 2.24) is 9.55 Å². The molecule has 0 unspecified atom stereocenters. The van der Waals surface area contributed by atoms with Gasteiger partial charge in [-0.2, -0.15) is 0 Å². The van der Waals surface area contributed by atoms with E-state index in [4.69, 9.17) is 20.2 Å². The van der Waals surface area contributed by atoms with Crippen molar-refractivity contribution in [2.24, 2.45) is 5.73 Å². The summed E-state index contributed by atoms with van der Waals surface area (Å²) in [5, 5.41) is 0. The Bertz CT molecular complexity index is 897. The molecule has 24 heavy (non-hydrogen) atoms. The molecule has 0 atom stereocenters. The van der Waals surface area contributed by atoms with Gasteiger partial charge in [0.1, 0.15) is 19.0 Å². The maximum Gasteiger partial charge on any atom is 0.163 e. The summed E-state index contributed by atoms with van der Waals surface area (Å²) in [6, 6.07) is 12.1. The fraction of sp³-hybridized carbons (Fsp3) is 0.211. The van der Waals surface area contributed by atoms with Gasteiger partial charge in [0.15, 0.2) is 11.5 Å². The fourth-order valence-corrected chi connectivity index (χ4v) is 2.99. The molecule has 2 aromatic carbocycles. The fourth-order valence-electron chi connectivity index (χ4n) is 2.99. The highest BCUT2D eigenvalue weighted by atomic mass is 16.6. The van der Waals surface area contributed by atoms with Crippen molar-refractivity contribution >= 4 is 11.0 Å². The monoisotopic (exact) mass is 321 g/mol. The average Bonchev–Trinajstić information content (AvgIpc) is 2.98. The Hall–Kier alpha value is -2.79. The van der Waals surface area contributed by atoms with Gasteiger partial charge in [-0.3, -0.25) is 0 Å². The Morgan fingerprint density at radius 1 is 1.12 bits per heavy atom. The summed E-state index contributed by atoms with van der Waals surface area (Å²) < 4.78 is 13.5. The van der Waals surface area contributed by atoms with E-state index in [1.807, 2.05) is 30.3 Å². The van der Waals surface area contributed by atoms with Crippen LogP contribution in [0.25, 0.3) is 22.4 Å². The van der Waals surface area contributed by atoms with Gasteiger partial charge in [-0.25, -0.2) is 4.98 Å². The Morgan fingerprint density at radius 3 is 2.50 bits per heavy atom. The zero-order chi connectivity index (χ0) is 16.5. The zero-order valence-corrected chi connectivity index (χ0v) is 13.4. The summed E-state index contributed by atoms with van der Waals surface area (Å²) in [7, 11) is 0. The van der Waals surface area contributed by atoms with E-state index in [-0.39, 0.29) is 0 Å². The highest BCUT2D eigenvalue weighted by Crippen LogP contribution is 2.36. The predicted octanol–water partition coefficient (Wildman–Crippen LogP) is 3.12. The third-order valence-electron chi connectivity index (χ3n) is 4.17. The molecular weight excluding hydrogens is 302 g/mol. The van der Waals surface area contributed by atoms with Gasteiger partial charge in [0.2, 0.25) is 0 Å². The topological polar surface area (TPSA) is 62.3 Å². The molecule has 0 amide bonds. The van der Waals surface area contributed by atoms with Gasteiger partial charge in [-0.05, 0) is 5.56 Å². The Kier molecular flexibility index (Phi) is 3.70. The number of benzene rings is 2. The standard InChI is InChI=1S/C19H19N3O2/c1-2-7-22-16-11-18-17(23-8-9-24-18)10-15(16)21-19(22)14-5-3-13(12-20)4-6-14/h2-6,10-11H,1,7-9,12,20H2. The van der Waals surface area contributed by atoms with E-state index in [2.05, 4.69) is 23.3 Å². The number of allylic oxidation sites excluding steroid dienone is 1. The first-order valence-corrected chi connectivity index (χ1v) is 8.00. The van der Waals surface area contributed by atoms with Crippen LogP contribution in [0, 0.1) is 0 Å². The molecule has 1 aliphatic heterocycles. The molecule has 0 saturated heterocycles. The van der Waals surface area contributed by atoms with Gasteiger partial charge in [0.05, 0.1) is 11.0 Å². The van der Waals surface area contributed by atoms with E-state index in [0.29, 0.717) is 26.3 Å². The highest BCUT2D eigenvalue weighted by Gasteiger charge is 2.18. The molecule has 1 aliphatic rings. The maximum atomic E-state index is 5.70. The van der Waals surface area contributed by atoms with Crippen molar-refractivity contribution < 1.29 is 9.47 Å². The molecule has 5 nitrogen and oxygen atoms in total. The van der Waals surface area contributed by atoms with E-state index < -0.39 is 0 Å². The SMILES string of the molecule is C=CCn1c(-c2ccc(CN)cc2)nc2cc3c(cc21)OCCO3. The molecule has 1 aromatic heterocycles. The van der Waals surface area contributed by atoms with Crippen molar-refractivity contribution in [1.29, 1.82) is 0 Å². The molecule has 122 valence electrons. The number of aromatic nitrogens is 2. The number of hydrogen-bond acceptors (Lipinski definition) is 4. The summed E-state index contributed by atoms with van der Waals surface area (Å²) in [4.78, 5) is 4.81. The second-order valence-electron chi connectivity index (χ2n) is 5.72. The molecular formula is C19H19N3O2. The van der Waals surface area contributed by atoms with Crippen LogP contribution in [0.2, 0.25) is 0 Å². The molecule has 2 N–H and O–H groups in total. The molecule has 0 radical (unpaired) electrons. The molecule has 0 bridgehead atoms. The van der Waals surface area contributed by atoms with Crippen LogP contribution in [0.1, 0.15) is 5.56 Å². The number of nitrogens with two attached hydrogens (primary N) is 1. The summed E-state index contributed by atoms with van der Waals surface area (Å²) >= 11 is 0. The third kappa shape index (κ3) is 2.43. The van der Waals surface area contributed by atoms with Gasteiger partial charge >= 0.3 is 0 Å². The van der Waals surface area contributed by atoms with Crippen molar-refractivity contribution in [3.8, 4) is 22.9 Å². The third-order valence-corrected chi connectivity index (χ3v) is 4.17. The normalized spacial score (nSPS) is 13.2. The second-order valence-corrected chi connectivity index (χ2v) is 5.72. The van der Waals surface area contributed by atoms with Crippen LogP contribution in [-0.4, -0.2) is 22.8 Å². The smallest absolute Gasteiger partial charge is 0.163 e. The average molecular weight is 321 g/mol. The lowest BCUT2D eigenvalue weighted by Gasteiger charge is -2.18. The first-order valence-electron chi connectivity index (χ1n) is 8.00. The molecule has 0 fully saturated rings. The van der Waals surface area contributed by atoms with E-state index in [9.17, 15) is 0 Å². The Balaban J connectivity index is 1.89. The predicted molar refractivity (Wildman–Crippen MR) is 94.2 cm³/mol. The number of ether oxygens (including phenoxy) is 2. The number of nitrogens with zero attached hydrogens (tertiary/aromatic N) is 2. The lowest BCUT2D eigenvalue weighted by Crippen LogP contribution is -2.15. The molecule has 2 heterocycles. The second kappa shape index (κ2) is 6.02. The number of hydrogen-bond donors (Lipinski definition) is 1. The first kappa shape index (κ1) is 14.8.